The van der Waals surface area contributed by atoms with Crippen LogP contribution in [-0.4, -0.2) is 33.6 Å². The van der Waals surface area contributed by atoms with Crippen molar-refractivity contribution in [3.63, 3.8) is 0 Å². The molecule has 0 saturated carbocycles. The molecule has 0 aromatic carbocycles. The third-order valence-corrected chi connectivity index (χ3v) is 7.96. The average molecular weight is 459 g/mol. The molecule has 4 nitrogen and oxygen atoms in total. The maximum atomic E-state index is 12.8. The van der Waals surface area contributed by atoms with Crippen LogP contribution in [0.1, 0.15) is 132 Å². The van der Waals surface area contributed by atoms with Gasteiger partial charge in [-0.15, -0.1) is 11.8 Å². The minimum Gasteiger partial charge on any atom is -0.458 e. The summed E-state index contributed by atoms with van der Waals surface area (Å²) in [7, 11) is 0. The van der Waals surface area contributed by atoms with Crippen molar-refractivity contribution in [2.45, 2.75) is 154 Å². The number of thioether (sulfide) groups is 1. The molecule has 0 saturated heterocycles. The van der Waals surface area contributed by atoms with Crippen molar-refractivity contribution in [2.75, 3.05) is 0 Å². The van der Waals surface area contributed by atoms with Crippen LogP contribution in [0.3, 0.4) is 0 Å². The lowest BCUT2D eigenvalue weighted by Gasteiger charge is -2.34. The Hall–Kier alpha value is -0.710. The monoisotopic (exact) mass is 458 g/mol. The summed E-state index contributed by atoms with van der Waals surface area (Å²) in [6.07, 6.45) is 11.8. The fourth-order valence-electron chi connectivity index (χ4n) is 4.00. The van der Waals surface area contributed by atoms with Crippen LogP contribution in [0.4, 0.5) is 0 Å². The molecule has 0 radical (unpaired) electrons. The number of unbranched alkanes of at least 4 members (excludes halogenated alkanes) is 4. The lowest BCUT2D eigenvalue weighted by Crippen LogP contribution is -2.39. The molecule has 0 heterocycles. The van der Waals surface area contributed by atoms with E-state index in [1.165, 1.54) is 11.8 Å². The van der Waals surface area contributed by atoms with Crippen LogP contribution in [0.2, 0.25) is 0 Å². The molecule has 0 aliphatic carbocycles. The third kappa shape index (κ3) is 10.6. The van der Waals surface area contributed by atoms with Gasteiger partial charge in [-0.2, -0.15) is 0 Å². The molecule has 2 atom stereocenters. The standard InChI is InChI=1S/C26H50O4S/c1-9-15-17-19-25(11-3,12-4)29-23(27)21(7)31-22(8)24(28)30-26(13-5,14-6)20-18-16-10-2/h21-22H,9-20H2,1-8H3. The molecule has 0 aromatic rings. The second kappa shape index (κ2) is 16.0. The first kappa shape index (κ1) is 30.3. The SMILES string of the molecule is CCCCCC(CC)(CC)OC(=O)C(C)SC(C)C(=O)OC(CC)(CC)CCCCC. The number of carbonyl (C=O) groups is 2. The van der Waals surface area contributed by atoms with Crippen LogP contribution in [0.5, 0.6) is 0 Å². The van der Waals surface area contributed by atoms with Crippen molar-refractivity contribution >= 4 is 23.7 Å². The predicted octanol–water partition coefficient (Wildman–Crippen LogP) is 7.86. The summed E-state index contributed by atoms with van der Waals surface area (Å²) in [4.78, 5) is 25.7. The van der Waals surface area contributed by atoms with Gasteiger partial charge >= 0.3 is 11.9 Å². The number of hydrogen-bond acceptors (Lipinski definition) is 5. The largest absolute Gasteiger partial charge is 0.458 e. The minimum absolute atomic E-state index is 0.218. The topological polar surface area (TPSA) is 52.6 Å². The van der Waals surface area contributed by atoms with Crippen molar-refractivity contribution in [3.05, 3.63) is 0 Å². The number of esters is 2. The molecule has 0 aliphatic rings. The second-order valence-corrected chi connectivity index (χ2v) is 10.6. The van der Waals surface area contributed by atoms with Gasteiger partial charge in [0, 0.05) is 0 Å². The van der Waals surface area contributed by atoms with E-state index in [0.717, 1.165) is 77.0 Å². The normalized spacial score (nSPS) is 14.2. The fraction of sp³-hybridized carbons (Fsp3) is 0.923. The Morgan fingerprint density at radius 3 is 1.23 bits per heavy atom. The van der Waals surface area contributed by atoms with Crippen molar-refractivity contribution in [1.29, 1.82) is 0 Å². The van der Waals surface area contributed by atoms with Crippen molar-refractivity contribution in [3.8, 4) is 0 Å². The smallest absolute Gasteiger partial charge is 0.319 e. The molecule has 5 heteroatoms. The Labute approximate surface area is 197 Å². The Bertz CT molecular complexity index is 454. The maximum Gasteiger partial charge on any atom is 0.319 e. The Balaban J connectivity index is 4.93. The summed E-state index contributed by atoms with van der Waals surface area (Å²) in [6.45, 7) is 16.4. The highest BCUT2D eigenvalue weighted by atomic mass is 32.2. The molecule has 2 unspecified atom stereocenters. The van der Waals surface area contributed by atoms with Gasteiger partial charge in [0.05, 0.1) is 0 Å². The van der Waals surface area contributed by atoms with Crippen LogP contribution >= 0.6 is 11.8 Å². The Morgan fingerprint density at radius 1 is 0.645 bits per heavy atom. The lowest BCUT2D eigenvalue weighted by molar-refractivity contribution is -0.160. The van der Waals surface area contributed by atoms with E-state index in [4.69, 9.17) is 9.47 Å². The van der Waals surface area contributed by atoms with Crippen molar-refractivity contribution in [2.24, 2.45) is 0 Å². The van der Waals surface area contributed by atoms with E-state index >= 15 is 0 Å². The molecule has 0 aromatic heterocycles. The van der Waals surface area contributed by atoms with Crippen LogP contribution < -0.4 is 0 Å². The highest BCUT2D eigenvalue weighted by Gasteiger charge is 2.35. The second-order valence-electron chi connectivity index (χ2n) is 8.96. The molecule has 184 valence electrons. The number of ether oxygens (including phenoxy) is 2. The first-order chi connectivity index (χ1) is 14.7. The number of hydrogen-bond donors (Lipinski definition) is 0. The molecule has 0 N–H and O–H groups in total. The van der Waals surface area contributed by atoms with Gasteiger partial charge in [-0.3, -0.25) is 9.59 Å². The van der Waals surface area contributed by atoms with Gasteiger partial charge in [-0.1, -0.05) is 67.2 Å². The summed E-state index contributed by atoms with van der Waals surface area (Å²) in [5.41, 5.74) is -0.770. The van der Waals surface area contributed by atoms with Gasteiger partial charge in [0.25, 0.3) is 0 Å². The van der Waals surface area contributed by atoms with E-state index in [9.17, 15) is 9.59 Å². The van der Waals surface area contributed by atoms with E-state index in [1.54, 1.807) is 0 Å². The molecule has 0 fully saturated rings. The van der Waals surface area contributed by atoms with E-state index in [2.05, 4.69) is 41.5 Å². The van der Waals surface area contributed by atoms with E-state index in [-0.39, 0.29) is 23.1 Å². The van der Waals surface area contributed by atoms with Crippen molar-refractivity contribution < 1.29 is 19.1 Å². The maximum absolute atomic E-state index is 12.8. The molecular weight excluding hydrogens is 408 g/mol. The van der Waals surface area contributed by atoms with E-state index in [0.29, 0.717) is 0 Å². The average Bonchev–Trinajstić information content (AvgIpc) is 2.77. The zero-order valence-electron chi connectivity index (χ0n) is 21.7. The van der Waals surface area contributed by atoms with E-state index < -0.39 is 10.5 Å². The van der Waals surface area contributed by atoms with Crippen LogP contribution in [0.25, 0.3) is 0 Å². The molecule has 0 aliphatic heterocycles. The summed E-state index contributed by atoms with van der Waals surface area (Å²) in [5.74, 6) is -0.435. The summed E-state index contributed by atoms with van der Waals surface area (Å²) in [6, 6.07) is 0. The summed E-state index contributed by atoms with van der Waals surface area (Å²) < 4.78 is 12.0. The summed E-state index contributed by atoms with van der Waals surface area (Å²) >= 11 is 1.35. The predicted molar refractivity (Wildman–Crippen MR) is 134 cm³/mol. The van der Waals surface area contributed by atoms with Gasteiger partial charge in [0.15, 0.2) is 0 Å². The molecule has 31 heavy (non-hydrogen) atoms. The molecule has 0 rings (SSSR count). The van der Waals surface area contributed by atoms with Gasteiger partial charge in [-0.25, -0.2) is 0 Å². The highest BCUT2D eigenvalue weighted by molar-refractivity contribution is 8.01. The zero-order chi connectivity index (χ0) is 23.9. The van der Waals surface area contributed by atoms with Gasteiger partial charge in [0.2, 0.25) is 0 Å². The molecule has 0 amide bonds. The minimum atomic E-state index is -0.399. The zero-order valence-corrected chi connectivity index (χ0v) is 22.5. The molecule has 0 bridgehead atoms. The van der Waals surface area contributed by atoms with Gasteiger partial charge in [0.1, 0.15) is 21.7 Å². The van der Waals surface area contributed by atoms with Gasteiger partial charge < -0.3 is 9.47 Å². The first-order valence-electron chi connectivity index (χ1n) is 12.8. The Kier molecular flexibility index (Phi) is 15.6. The van der Waals surface area contributed by atoms with Crippen LogP contribution in [-0.2, 0) is 19.1 Å². The molecular formula is C26H50O4S. The van der Waals surface area contributed by atoms with E-state index in [1.807, 2.05) is 13.8 Å². The lowest BCUT2D eigenvalue weighted by atomic mass is 9.90. The molecule has 0 spiro atoms. The Morgan fingerprint density at radius 2 is 0.968 bits per heavy atom. The third-order valence-electron chi connectivity index (χ3n) is 6.76. The highest BCUT2D eigenvalue weighted by Crippen LogP contribution is 2.32. The van der Waals surface area contributed by atoms with Crippen LogP contribution in [0.15, 0.2) is 0 Å². The first-order valence-corrected chi connectivity index (χ1v) is 13.7. The summed E-state index contributed by atoms with van der Waals surface area (Å²) in [5, 5.41) is -0.798. The number of carbonyl (C=O) groups excluding carboxylic acids is 2. The fourth-order valence-corrected chi connectivity index (χ4v) is 4.93. The van der Waals surface area contributed by atoms with Gasteiger partial charge in [-0.05, 0) is 65.2 Å². The van der Waals surface area contributed by atoms with Crippen molar-refractivity contribution in [1.82, 2.24) is 0 Å². The quantitative estimate of drug-likeness (QED) is 0.154. The number of rotatable bonds is 18. The van der Waals surface area contributed by atoms with Crippen LogP contribution in [0, 0.1) is 0 Å².